The minimum Gasteiger partial charge on any atom is -0.386 e. The van der Waals surface area contributed by atoms with Crippen molar-refractivity contribution in [1.29, 1.82) is 0 Å². The standard InChI is InChI=1S/C19H22ClNO2S/c1-13-8-11-24-17(13)16(22)12-21-18(23)19(9-2-3-10-19)14-4-6-15(20)7-5-14/h4-8,11,16,22H,2-3,9-10,12H2,1H3,(H,21,23)/t16-/m1/s1. The van der Waals surface area contributed by atoms with E-state index in [-0.39, 0.29) is 12.5 Å². The first-order chi connectivity index (χ1) is 11.5. The number of thiophene rings is 1. The van der Waals surface area contributed by atoms with Gasteiger partial charge >= 0.3 is 0 Å². The fourth-order valence-corrected chi connectivity index (χ4v) is 4.61. The second-order valence-corrected chi connectivity index (χ2v) is 7.87. The van der Waals surface area contributed by atoms with Crippen LogP contribution < -0.4 is 5.32 Å². The van der Waals surface area contributed by atoms with Crippen molar-refractivity contribution in [2.24, 2.45) is 0 Å². The number of nitrogens with one attached hydrogen (secondary N) is 1. The maximum atomic E-state index is 13.0. The summed E-state index contributed by atoms with van der Waals surface area (Å²) in [4.78, 5) is 13.9. The molecule has 0 spiro atoms. The Bertz CT molecular complexity index is 704. The van der Waals surface area contributed by atoms with Crippen molar-refractivity contribution < 1.29 is 9.90 Å². The van der Waals surface area contributed by atoms with Gasteiger partial charge in [0, 0.05) is 16.4 Å². The Balaban J connectivity index is 1.73. The molecule has 1 aromatic heterocycles. The van der Waals surface area contributed by atoms with Gasteiger partial charge in [-0.15, -0.1) is 11.3 Å². The van der Waals surface area contributed by atoms with E-state index in [2.05, 4.69) is 5.32 Å². The van der Waals surface area contributed by atoms with Gasteiger partial charge in [-0.3, -0.25) is 4.79 Å². The van der Waals surface area contributed by atoms with Crippen molar-refractivity contribution in [1.82, 2.24) is 5.32 Å². The highest BCUT2D eigenvalue weighted by atomic mass is 35.5. The fourth-order valence-electron chi connectivity index (χ4n) is 3.57. The summed E-state index contributed by atoms with van der Waals surface area (Å²) in [5.41, 5.74) is 1.59. The van der Waals surface area contributed by atoms with Gasteiger partial charge in [-0.05, 0) is 54.5 Å². The maximum absolute atomic E-state index is 13.0. The third kappa shape index (κ3) is 3.37. The van der Waals surface area contributed by atoms with Crippen LogP contribution in [0.3, 0.4) is 0 Å². The van der Waals surface area contributed by atoms with Gasteiger partial charge in [0.15, 0.2) is 0 Å². The Hall–Kier alpha value is -1.36. The second kappa shape index (κ2) is 7.26. The number of aryl methyl sites for hydroxylation is 1. The molecule has 3 nitrogen and oxygen atoms in total. The number of carbonyl (C=O) groups excluding carboxylic acids is 1. The van der Waals surface area contributed by atoms with E-state index < -0.39 is 11.5 Å². The van der Waals surface area contributed by atoms with Crippen LogP contribution >= 0.6 is 22.9 Å². The molecule has 2 aromatic rings. The molecule has 1 saturated carbocycles. The van der Waals surface area contributed by atoms with E-state index in [1.165, 1.54) is 11.3 Å². The third-order valence-corrected chi connectivity index (χ3v) is 6.32. The first kappa shape index (κ1) is 17.5. The number of rotatable bonds is 5. The largest absolute Gasteiger partial charge is 0.386 e. The van der Waals surface area contributed by atoms with Crippen molar-refractivity contribution in [2.45, 2.75) is 44.1 Å². The highest BCUT2D eigenvalue weighted by Crippen LogP contribution is 2.41. The summed E-state index contributed by atoms with van der Waals surface area (Å²) < 4.78 is 0. The first-order valence-electron chi connectivity index (χ1n) is 8.29. The fraction of sp³-hybridized carbons (Fsp3) is 0.421. The molecule has 1 amide bonds. The van der Waals surface area contributed by atoms with Crippen molar-refractivity contribution in [3.63, 3.8) is 0 Å². The lowest BCUT2D eigenvalue weighted by Gasteiger charge is -2.29. The zero-order chi connectivity index (χ0) is 17.2. The molecule has 0 unspecified atom stereocenters. The zero-order valence-corrected chi connectivity index (χ0v) is 15.3. The van der Waals surface area contributed by atoms with E-state index >= 15 is 0 Å². The molecule has 1 aliphatic rings. The van der Waals surface area contributed by atoms with Crippen LogP contribution in [0.2, 0.25) is 5.02 Å². The Kier molecular flexibility index (Phi) is 5.28. The number of aliphatic hydroxyl groups excluding tert-OH is 1. The van der Waals surface area contributed by atoms with Gasteiger partial charge in [0.1, 0.15) is 6.10 Å². The molecule has 5 heteroatoms. The molecule has 0 saturated heterocycles. The van der Waals surface area contributed by atoms with Gasteiger partial charge in [0.05, 0.1) is 5.41 Å². The van der Waals surface area contributed by atoms with Crippen LogP contribution in [-0.4, -0.2) is 17.6 Å². The van der Waals surface area contributed by atoms with Gasteiger partial charge in [-0.1, -0.05) is 36.6 Å². The first-order valence-corrected chi connectivity index (χ1v) is 9.55. The molecule has 3 rings (SSSR count). The van der Waals surface area contributed by atoms with Crippen LogP contribution in [0.25, 0.3) is 0 Å². The number of amides is 1. The maximum Gasteiger partial charge on any atom is 0.230 e. The molecule has 24 heavy (non-hydrogen) atoms. The topological polar surface area (TPSA) is 49.3 Å². The van der Waals surface area contributed by atoms with Gasteiger partial charge < -0.3 is 10.4 Å². The average molecular weight is 364 g/mol. The molecular weight excluding hydrogens is 342 g/mol. The SMILES string of the molecule is Cc1ccsc1[C@H](O)CNC(=O)C1(c2ccc(Cl)cc2)CCCC1. The molecule has 0 aliphatic heterocycles. The lowest BCUT2D eigenvalue weighted by atomic mass is 9.78. The molecule has 1 aromatic carbocycles. The highest BCUT2D eigenvalue weighted by molar-refractivity contribution is 7.10. The zero-order valence-electron chi connectivity index (χ0n) is 13.7. The van der Waals surface area contributed by atoms with Crippen molar-refractivity contribution in [2.75, 3.05) is 6.54 Å². The summed E-state index contributed by atoms with van der Waals surface area (Å²) in [5, 5.41) is 16.0. The third-order valence-electron chi connectivity index (χ3n) is 4.95. The summed E-state index contributed by atoms with van der Waals surface area (Å²) in [6.45, 7) is 2.22. The van der Waals surface area contributed by atoms with Gasteiger partial charge in [-0.2, -0.15) is 0 Å². The number of hydrogen-bond acceptors (Lipinski definition) is 3. The Labute approximate surface area is 151 Å². The lowest BCUT2D eigenvalue weighted by Crippen LogP contribution is -2.44. The number of halogens is 1. The summed E-state index contributed by atoms with van der Waals surface area (Å²) in [6.07, 6.45) is 3.12. The molecular formula is C19H22ClNO2S. The second-order valence-electron chi connectivity index (χ2n) is 6.49. The van der Waals surface area contributed by atoms with Gasteiger partial charge in [-0.25, -0.2) is 0 Å². The summed E-state index contributed by atoms with van der Waals surface area (Å²) in [6, 6.07) is 9.57. The van der Waals surface area contributed by atoms with E-state index in [9.17, 15) is 9.90 Å². The molecule has 0 radical (unpaired) electrons. The molecule has 2 N–H and O–H groups in total. The number of hydrogen-bond donors (Lipinski definition) is 2. The van der Waals surface area contributed by atoms with E-state index in [1.807, 2.05) is 42.6 Å². The quantitative estimate of drug-likeness (QED) is 0.828. The highest BCUT2D eigenvalue weighted by Gasteiger charge is 2.42. The number of carbonyl (C=O) groups is 1. The Morgan fingerprint density at radius 1 is 1.29 bits per heavy atom. The predicted molar refractivity (Wildman–Crippen MR) is 98.6 cm³/mol. The predicted octanol–water partition coefficient (Wildman–Crippen LogP) is 4.37. The molecule has 1 aliphatic carbocycles. The van der Waals surface area contributed by atoms with E-state index in [0.29, 0.717) is 5.02 Å². The number of aliphatic hydroxyl groups is 1. The van der Waals surface area contributed by atoms with Crippen LogP contribution in [0.1, 0.15) is 47.8 Å². The van der Waals surface area contributed by atoms with Crippen LogP contribution in [0.4, 0.5) is 0 Å². The summed E-state index contributed by atoms with van der Waals surface area (Å²) >= 11 is 7.51. The molecule has 128 valence electrons. The van der Waals surface area contributed by atoms with Crippen molar-refractivity contribution in [3.8, 4) is 0 Å². The summed E-state index contributed by atoms with van der Waals surface area (Å²) in [5.74, 6) is 0.00980. The minimum atomic E-state index is -0.655. The monoisotopic (exact) mass is 363 g/mol. The van der Waals surface area contributed by atoms with Crippen molar-refractivity contribution in [3.05, 3.63) is 56.7 Å². The van der Waals surface area contributed by atoms with Crippen molar-refractivity contribution >= 4 is 28.8 Å². The smallest absolute Gasteiger partial charge is 0.230 e. The van der Waals surface area contributed by atoms with Crippen LogP contribution in [-0.2, 0) is 10.2 Å². The Morgan fingerprint density at radius 2 is 1.96 bits per heavy atom. The van der Waals surface area contributed by atoms with Gasteiger partial charge in [0.25, 0.3) is 0 Å². The Morgan fingerprint density at radius 3 is 2.54 bits per heavy atom. The molecule has 1 fully saturated rings. The number of benzene rings is 1. The minimum absolute atomic E-state index is 0.00980. The lowest BCUT2D eigenvalue weighted by molar-refractivity contribution is -0.127. The van der Waals surface area contributed by atoms with Crippen LogP contribution in [0.5, 0.6) is 0 Å². The van der Waals surface area contributed by atoms with Crippen LogP contribution in [0.15, 0.2) is 35.7 Å². The van der Waals surface area contributed by atoms with E-state index in [1.54, 1.807) is 0 Å². The summed E-state index contributed by atoms with van der Waals surface area (Å²) in [7, 11) is 0. The van der Waals surface area contributed by atoms with E-state index in [0.717, 1.165) is 41.7 Å². The normalized spacial score (nSPS) is 17.6. The van der Waals surface area contributed by atoms with Crippen LogP contribution in [0, 0.1) is 6.92 Å². The molecule has 1 atom stereocenters. The van der Waals surface area contributed by atoms with E-state index in [4.69, 9.17) is 11.6 Å². The molecule has 1 heterocycles. The molecule has 0 bridgehead atoms. The average Bonchev–Trinajstić information content (AvgIpc) is 3.23. The van der Waals surface area contributed by atoms with Gasteiger partial charge in [0.2, 0.25) is 5.91 Å².